The van der Waals surface area contributed by atoms with Gasteiger partial charge in [-0.3, -0.25) is 0 Å². The Morgan fingerprint density at radius 3 is 2.31 bits per heavy atom. The molecule has 1 atom stereocenters. The van der Waals surface area contributed by atoms with E-state index in [1.807, 2.05) is 0 Å². The average molecular weight is 222 g/mol. The fourth-order valence-electron chi connectivity index (χ4n) is 1.87. The van der Waals surface area contributed by atoms with E-state index in [9.17, 15) is 0 Å². The second kappa shape index (κ2) is 6.02. The van der Waals surface area contributed by atoms with Gasteiger partial charge in [0.2, 0.25) is 0 Å². The molecule has 0 radical (unpaired) electrons. The van der Waals surface area contributed by atoms with Crippen molar-refractivity contribution in [3.63, 3.8) is 0 Å². The fraction of sp³-hybridized carbons (Fsp3) is 0.571. The van der Waals surface area contributed by atoms with E-state index < -0.39 is 0 Å². The Balaban J connectivity index is 2.55. The molecule has 0 aliphatic carbocycles. The van der Waals surface area contributed by atoms with Crippen molar-refractivity contribution in [3.05, 3.63) is 34.9 Å². The lowest BCUT2D eigenvalue weighted by molar-refractivity contribution is -0.937. The normalized spacial score (nSPS) is 13.1. The van der Waals surface area contributed by atoms with Crippen LogP contribution in [-0.2, 0) is 6.54 Å². The van der Waals surface area contributed by atoms with E-state index in [1.165, 1.54) is 34.7 Å². The van der Waals surface area contributed by atoms with Gasteiger partial charge < -0.3 is 9.80 Å². The Labute approximate surface area is 99.9 Å². The van der Waals surface area contributed by atoms with Gasteiger partial charge in [0.15, 0.2) is 0 Å². The summed E-state index contributed by atoms with van der Waals surface area (Å²) >= 11 is 0. The van der Waals surface area contributed by atoms with Crippen LogP contribution in [0.5, 0.6) is 0 Å². The molecule has 0 aliphatic rings. The first-order valence-electron chi connectivity index (χ1n) is 6.15. The van der Waals surface area contributed by atoms with Gasteiger partial charge in [0.1, 0.15) is 19.6 Å². The third-order valence-corrected chi connectivity index (χ3v) is 3.05. The molecule has 2 heteroatoms. The van der Waals surface area contributed by atoms with Gasteiger partial charge in [-0.05, 0) is 19.4 Å². The standard InChI is InChI=1S/C14H24N2/c1-12-6-7-13(2)14(10-12)11-16(5)9-8-15(3)4/h6-7,10H,8-9,11H2,1-5H3/p+2. The van der Waals surface area contributed by atoms with Gasteiger partial charge in [0.25, 0.3) is 0 Å². The molecule has 16 heavy (non-hydrogen) atoms. The molecule has 0 bridgehead atoms. The monoisotopic (exact) mass is 222 g/mol. The van der Waals surface area contributed by atoms with Crippen LogP contribution < -0.4 is 9.80 Å². The molecule has 0 fully saturated rings. The summed E-state index contributed by atoms with van der Waals surface area (Å²) in [6.45, 7) is 7.98. The summed E-state index contributed by atoms with van der Waals surface area (Å²) < 4.78 is 0. The van der Waals surface area contributed by atoms with Gasteiger partial charge in [-0.25, -0.2) is 0 Å². The zero-order chi connectivity index (χ0) is 12.1. The van der Waals surface area contributed by atoms with Gasteiger partial charge in [0, 0.05) is 5.56 Å². The zero-order valence-corrected chi connectivity index (χ0v) is 11.4. The predicted octanol–water partition coefficient (Wildman–Crippen LogP) is -0.537. The molecule has 0 saturated carbocycles. The minimum Gasteiger partial charge on any atom is -0.335 e. The van der Waals surface area contributed by atoms with Crippen LogP contribution in [0.3, 0.4) is 0 Å². The Kier molecular flexibility index (Phi) is 4.97. The van der Waals surface area contributed by atoms with Crippen molar-refractivity contribution in [1.29, 1.82) is 0 Å². The van der Waals surface area contributed by atoms with Gasteiger partial charge in [-0.1, -0.05) is 23.8 Å². The second-order valence-electron chi connectivity index (χ2n) is 5.27. The first-order valence-corrected chi connectivity index (χ1v) is 6.15. The van der Waals surface area contributed by atoms with E-state index in [1.54, 1.807) is 4.90 Å². The summed E-state index contributed by atoms with van der Waals surface area (Å²) in [6, 6.07) is 6.74. The lowest BCUT2D eigenvalue weighted by Crippen LogP contribution is -3.15. The van der Waals surface area contributed by atoms with Crippen molar-refractivity contribution >= 4 is 0 Å². The third kappa shape index (κ3) is 4.33. The number of rotatable bonds is 5. The van der Waals surface area contributed by atoms with E-state index >= 15 is 0 Å². The maximum absolute atomic E-state index is 2.32. The highest BCUT2D eigenvalue weighted by Crippen LogP contribution is 2.08. The van der Waals surface area contributed by atoms with Gasteiger partial charge in [-0.2, -0.15) is 0 Å². The molecule has 1 rings (SSSR count). The maximum atomic E-state index is 2.32. The Morgan fingerprint density at radius 1 is 1.00 bits per heavy atom. The number of hydrogen-bond donors (Lipinski definition) is 2. The van der Waals surface area contributed by atoms with E-state index in [-0.39, 0.29) is 0 Å². The average Bonchev–Trinajstić information content (AvgIpc) is 2.20. The van der Waals surface area contributed by atoms with E-state index in [2.05, 4.69) is 53.2 Å². The highest BCUT2D eigenvalue weighted by Gasteiger charge is 2.07. The highest BCUT2D eigenvalue weighted by atomic mass is 15.1. The lowest BCUT2D eigenvalue weighted by Gasteiger charge is -2.16. The summed E-state index contributed by atoms with van der Waals surface area (Å²) in [6.07, 6.45) is 0. The van der Waals surface area contributed by atoms with Crippen molar-refractivity contribution in [2.75, 3.05) is 34.2 Å². The van der Waals surface area contributed by atoms with Crippen LogP contribution in [0.4, 0.5) is 0 Å². The lowest BCUT2D eigenvalue weighted by atomic mass is 10.1. The maximum Gasteiger partial charge on any atom is 0.127 e. The summed E-state index contributed by atoms with van der Waals surface area (Å²) in [7, 11) is 6.71. The summed E-state index contributed by atoms with van der Waals surface area (Å²) in [5, 5.41) is 0. The van der Waals surface area contributed by atoms with Crippen molar-refractivity contribution in [2.24, 2.45) is 0 Å². The molecule has 2 nitrogen and oxygen atoms in total. The van der Waals surface area contributed by atoms with Gasteiger partial charge >= 0.3 is 0 Å². The molecule has 2 N–H and O–H groups in total. The topological polar surface area (TPSA) is 8.88 Å². The first-order chi connectivity index (χ1) is 7.49. The quantitative estimate of drug-likeness (QED) is 0.662. The van der Waals surface area contributed by atoms with Gasteiger partial charge in [0.05, 0.1) is 21.1 Å². The Bertz CT molecular complexity index is 332. The van der Waals surface area contributed by atoms with Crippen LogP contribution in [-0.4, -0.2) is 34.2 Å². The van der Waals surface area contributed by atoms with Crippen molar-refractivity contribution < 1.29 is 9.80 Å². The molecule has 0 spiro atoms. The number of quaternary nitrogens is 2. The molecule has 0 heterocycles. The van der Waals surface area contributed by atoms with E-state index in [4.69, 9.17) is 0 Å². The number of likely N-dealkylation sites (N-methyl/N-ethyl adjacent to an activating group) is 2. The van der Waals surface area contributed by atoms with Crippen LogP contribution in [0.25, 0.3) is 0 Å². The van der Waals surface area contributed by atoms with E-state index in [0.717, 1.165) is 6.54 Å². The molecular weight excluding hydrogens is 196 g/mol. The number of nitrogens with one attached hydrogen (secondary N) is 2. The van der Waals surface area contributed by atoms with Crippen molar-refractivity contribution in [2.45, 2.75) is 20.4 Å². The molecule has 1 aromatic rings. The van der Waals surface area contributed by atoms with Crippen LogP contribution >= 0.6 is 0 Å². The SMILES string of the molecule is Cc1ccc(C)c(C[NH+](C)CC[NH+](C)C)c1. The van der Waals surface area contributed by atoms with Crippen molar-refractivity contribution in [1.82, 2.24) is 0 Å². The van der Waals surface area contributed by atoms with Crippen molar-refractivity contribution in [3.8, 4) is 0 Å². The summed E-state index contributed by atoms with van der Waals surface area (Å²) in [5.41, 5.74) is 4.28. The molecule has 0 aliphatic heterocycles. The molecule has 0 amide bonds. The van der Waals surface area contributed by atoms with Crippen LogP contribution in [0.1, 0.15) is 16.7 Å². The minimum absolute atomic E-state index is 1.14. The van der Waals surface area contributed by atoms with E-state index in [0.29, 0.717) is 0 Å². The second-order valence-corrected chi connectivity index (χ2v) is 5.27. The third-order valence-electron chi connectivity index (χ3n) is 3.05. The largest absolute Gasteiger partial charge is 0.335 e. The first kappa shape index (κ1) is 13.2. The molecule has 0 aromatic heterocycles. The molecule has 1 unspecified atom stereocenters. The Hall–Kier alpha value is -0.860. The smallest absolute Gasteiger partial charge is 0.127 e. The molecule has 0 saturated heterocycles. The minimum atomic E-state index is 1.14. The van der Waals surface area contributed by atoms with Crippen LogP contribution in [0.15, 0.2) is 18.2 Å². The Morgan fingerprint density at radius 2 is 1.69 bits per heavy atom. The zero-order valence-electron chi connectivity index (χ0n) is 11.4. The highest BCUT2D eigenvalue weighted by molar-refractivity contribution is 5.29. The van der Waals surface area contributed by atoms with Crippen LogP contribution in [0, 0.1) is 13.8 Å². The van der Waals surface area contributed by atoms with Crippen LogP contribution in [0.2, 0.25) is 0 Å². The summed E-state index contributed by atoms with van der Waals surface area (Å²) in [4.78, 5) is 3.12. The molecule has 90 valence electrons. The predicted molar refractivity (Wildman–Crippen MR) is 69.1 cm³/mol. The summed E-state index contributed by atoms with van der Waals surface area (Å²) in [5.74, 6) is 0. The molecular formula is C14H26N2+2. The molecule has 1 aromatic carbocycles. The number of aryl methyl sites for hydroxylation is 2. The van der Waals surface area contributed by atoms with Gasteiger partial charge in [-0.15, -0.1) is 0 Å². The number of benzene rings is 1. The fourth-order valence-corrected chi connectivity index (χ4v) is 1.87. The number of hydrogen-bond acceptors (Lipinski definition) is 0.